The third kappa shape index (κ3) is 7.28. The normalized spacial score (nSPS) is 12.9. The number of carbonyl (C=O) groups is 1. The molecule has 0 spiro atoms. The third-order valence-corrected chi connectivity index (χ3v) is 7.23. The Kier molecular flexibility index (Phi) is 9.94. The van der Waals surface area contributed by atoms with Crippen molar-refractivity contribution in [1.29, 1.82) is 0 Å². The van der Waals surface area contributed by atoms with E-state index in [1.54, 1.807) is 7.11 Å². The van der Waals surface area contributed by atoms with Crippen molar-refractivity contribution in [2.75, 3.05) is 7.11 Å². The van der Waals surface area contributed by atoms with Crippen LogP contribution in [0.2, 0.25) is 0 Å². The topological polar surface area (TPSA) is 47.6 Å². The van der Waals surface area contributed by atoms with Crippen LogP contribution in [0.1, 0.15) is 77.2 Å². The molecule has 0 aliphatic rings. The van der Waals surface area contributed by atoms with Crippen molar-refractivity contribution in [2.45, 2.75) is 71.6 Å². The molecule has 4 nitrogen and oxygen atoms in total. The van der Waals surface area contributed by atoms with Gasteiger partial charge in [0.25, 0.3) is 0 Å². The highest BCUT2D eigenvalue weighted by Crippen LogP contribution is 2.35. The summed E-state index contributed by atoms with van der Waals surface area (Å²) in [5, 5.41) is 6.09. The summed E-state index contributed by atoms with van der Waals surface area (Å²) in [4.78, 5) is 12.1. The van der Waals surface area contributed by atoms with Crippen molar-refractivity contribution >= 4 is 16.7 Å². The number of aryl methyl sites for hydroxylation is 1. The SMILES string of the molecule is CCCC(N[C@H](C)c1cccc(OC)c1)c1cc(-c2ccc(F)c(CCC(=O)OC(C)C)c2)c2ccccc2c1.[HH]. The van der Waals surface area contributed by atoms with Crippen LogP contribution in [0, 0.1) is 5.82 Å². The molecule has 0 amide bonds. The van der Waals surface area contributed by atoms with Gasteiger partial charge in [-0.3, -0.25) is 4.79 Å². The van der Waals surface area contributed by atoms with Crippen LogP contribution in [-0.2, 0) is 16.0 Å². The van der Waals surface area contributed by atoms with Crippen LogP contribution in [0.25, 0.3) is 21.9 Å². The number of ether oxygens (including phenoxy) is 2. The van der Waals surface area contributed by atoms with Crippen molar-refractivity contribution in [2.24, 2.45) is 0 Å². The van der Waals surface area contributed by atoms with Gasteiger partial charge in [0.15, 0.2) is 0 Å². The highest BCUT2D eigenvalue weighted by molar-refractivity contribution is 5.97. The van der Waals surface area contributed by atoms with Crippen LogP contribution >= 0.6 is 0 Å². The molecule has 5 heteroatoms. The molecule has 0 saturated carbocycles. The Hall–Kier alpha value is -3.70. The first kappa shape index (κ1) is 29.3. The van der Waals surface area contributed by atoms with Crippen LogP contribution in [-0.4, -0.2) is 19.2 Å². The number of nitrogens with one attached hydrogen (secondary N) is 1. The first-order valence-corrected chi connectivity index (χ1v) is 14.2. The van der Waals surface area contributed by atoms with E-state index in [0.29, 0.717) is 12.0 Å². The molecule has 40 heavy (non-hydrogen) atoms. The fourth-order valence-electron chi connectivity index (χ4n) is 5.21. The second-order valence-corrected chi connectivity index (χ2v) is 10.6. The Morgan fingerprint density at radius 3 is 2.50 bits per heavy atom. The van der Waals surface area contributed by atoms with Gasteiger partial charge in [0, 0.05) is 19.9 Å². The average Bonchev–Trinajstić information content (AvgIpc) is 2.95. The smallest absolute Gasteiger partial charge is 0.306 e. The van der Waals surface area contributed by atoms with Crippen LogP contribution in [0.15, 0.2) is 78.9 Å². The molecule has 4 aromatic rings. The van der Waals surface area contributed by atoms with Gasteiger partial charge in [-0.1, -0.05) is 55.8 Å². The molecule has 212 valence electrons. The van der Waals surface area contributed by atoms with Gasteiger partial charge < -0.3 is 14.8 Å². The molecule has 0 heterocycles. The molecule has 0 aromatic heterocycles. The van der Waals surface area contributed by atoms with Gasteiger partial charge in [0.1, 0.15) is 11.6 Å². The molecule has 0 fully saturated rings. The quantitative estimate of drug-likeness (QED) is 0.181. The largest absolute Gasteiger partial charge is 0.497 e. The summed E-state index contributed by atoms with van der Waals surface area (Å²) < 4.78 is 25.5. The zero-order chi connectivity index (χ0) is 28.6. The molecular formula is C35H42FNO3. The second kappa shape index (κ2) is 13.6. The standard InChI is InChI=1S/C35H40FNO3.H2/c1-6-10-34(37-24(4)25-12-9-13-30(21-25)39-5)29-20-26-11-7-8-14-31(26)32(22-29)27-15-17-33(36)28(19-27)16-18-35(38)40-23(2)3;/h7-9,11-15,17,19-24,34,37H,6,10,16,18H2,1-5H3;1H/t24-,34?;/m1./s1. The second-order valence-electron chi connectivity index (χ2n) is 10.6. The molecule has 4 aromatic carbocycles. The van der Waals surface area contributed by atoms with E-state index in [2.05, 4.69) is 55.6 Å². The summed E-state index contributed by atoms with van der Waals surface area (Å²) in [5.74, 6) is 0.223. The van der Waals surface area contributed by atoms with Gasteiger partial charge in [0.05, 0.1) is 13.2 Å². The van der Waals surface area contributed by atoms with E-state index in [1.165, 1.54) is 17.2 Å². The summed E-state index contributed by atoms with van der Waals surface area (Å²) in [6.45, 7) is 8.00. The lowest BCUT2D eigenvalue weighted by Gasteiger charge is -2.25. The number of fused-ring (bicyclic) bond motifs is 1. The highest BCUT2D eigenvalue weighted by atomic mass is 19.1. The lowest BCUT2D eigenvalue weighted by molar-refractivity contribution is -0.147. The van der Waals surface area contributed by atoms with Gasteiger partial charge in [-0.15, -0.1) is 0 Å². The van der Waals surface area contributed by atoms with E-state index in [0.717, 1.165) is 40.5 Å². The van der Waals surface area contributed by atoms with Gasteiger partial charge >= 0.3 is 5.97 Å². The number of benzene rings is 4. The fourth-order valence-corrected chi connectivity index (χ4v) is 5.21. The number of esters is 1. The zero-order valence-corrected chi connectivity index (χ0v) is 24.2. The fraction of sp³-hybridized carbons (Fsp3) is 0.343. The molecule has 0 saturated heterocycles. The number of hydrogen-bond donors (Lipinski definition) is 1. The predicted octanol–water partition coefficient (Wildman–Crippen LogP) is 8.98. The molecule has 1 N–H and O–H groups in total. The molecule has 1 unspecified atom stereocenters. The molecule has 0 aliphatic heterocycles. The van der Waals surface area contributed by atoms with Crippen LogP contribution in [0.3, 0.4) is 0 Å². The van der Waals surface area contributed by atoms with E-state index >= 15 is 0 Å². The van der Waals surface area contributed by atoms with E-state index in [9.17, 15) is 9.18 Å². The first-order valence-electron chi connectivity index (χ1n) is 14.2. The maximum atomic E-state index is 14.8. The van der Waals surface area contributed by atoms with E-state index in [1.807, 2.05) is 50.2 Å². The summed E-state index contributed by atoms with van der Waals surface area (Å²) in [7, 11) is 1.69. The summed E-state index contributed by atoms with van der Waals surface area (Å²) >= 11 is 0. The van der Waals surface area contributed by atoms with Crippen LogP contribution < -0.4 is 10.1 Å². The monoisotopic (exact) mass is 543 g/mol. The molecule has 2 atom stereocenters. The molecule has 0 aliphatic carbocycles. The minimum absolute atomic E-state index is 0. The van der Waals surface area contributed by atoms with E-state index in [-0.39, 0.29) is 37.8 Å². The maximum Gasteiger partial charge on any atom is 0.306 e. The Labute approximate surface area is 239 Å². The van der Waals surface area contributed by atoms with Crippen LogP contribution in [0.4, 0.5) is 4.39 Å². The van der Waals surface area contributed by atoms with Crippen LogP contribution in [0.5, 0.6) is 5.75 Å². The number of carbonyl (C=O) groups excluding carboxylic acids is 1. The maximum absolute atomic E-state index is 14.8. The lowest BCUT2D eigenvalue weighted by atomic mass is 9.90. The van der Waals surface area contributed by atoms with Gasteiger partial charge in [0.2, 0.25) is 0 Å². The predicted molar refractivity (Wildman–Crippen MR) is 163 cm³/mol. The number of hydrogen-bond acceptors (Lipinski definition) is 4. The first-order chi connectivity index (χ1) is 19.3. The van der Waals surface area contributed by atoms with Crippen molar-refractivity contribution in [3.05, 3.63) is 101 Å². The average molecular weight is 544 g/mol. The minimum Gasteiger partial charge on any atom is -0.497 e. The Morgan fingerprint density at radius 1 is 0.950 bits per heavy atom. The van der Waals surface area contributed by atoms with Crippen molar-refractivity contribution in [1.82, 2.24) is 5.32 Å². The minimum atomic E-state index is -0.314. The molecular weight excluding hydrogens is 501 g/mol. The zero-order valence-electron chi connectivity index (χ0n) is 24.2. The molecule has 0 bridgehead atoms. The number of halogens is 1. The van der Waals surface area contributed by atoms with E-state index in [4.69, 9.17) is 9.47 Å². The van der Waals surface area contributed by atoms with Gasteiger partial charge in [-0.05, 0) is 109 Å². The van der Waals surface area contributed by atoms with E-state index < -0.39 is 0 Å². The molecule has 0 radical (unpaired) electrons. The Balaban J connectivity index is 0.00000462. The summed E-state index contributed by atoms with van der Waals surface area (Å²) in [6.07, 6.45) is 2.25. The summed E-state index contributed by atoms with van der Waals surface area (Å²) in [6, 6.07) is 26.4. The van der Waals surface area contributed by atoms with Crippen molar-refractivity contribution < 1.29 is 20.1 Å². The van der Waals surface area contributed by atoms with Crippen molar-refractivity contribution in [3.63, 3.8) is 0 Å². The third-order valence-electron chi connectivity index (χ3n) is 7.23. The summed E-state index contributed by atoms with van der Waals surface area (Å²) in [5.41, 5.74) is 4.86. The number of rotatable bonds is 12. The van der Waals surface area contributed by atoms with Crippen molar-refractivity contribution in [3.8, 4) is 16.9 Å². The molecule has 4 rings (SSSR count). The van der Waals surface area contributed by atoms with Gasteiger partial charge in [-0.25, -0.2) is 4.39 Å². The van der Waals surface area contributed by atoms with Gasteiger partial charge in [-0.2, -0.15) is 0 Å². The Morgan fingerprint density at radius 2 is 1.75 bits per heavy atom. The Bertz CT molecular complexity index is 1450. The lowest BCUT2D eigenvalue weighted by Crippen LogP contribution is -2.24. The highest BCUT2D eigenvalue weighted by Gasteiger charge is 2.19. The number of methoxy groups -OCH3 is 1.